The van der Waals surface area contributed by atoms with E-state index >= 15 is 0 Å². The lowest BCUT2D eigenvalue weighted by Gasteiger charge is -2.24. The number of amides is 1. The van der Waals surface area contributed by atoms with Crippen LogP contribution in [0.1, 0.15) is 61.3 Å². The summed E-state index contributed by atoms with van der Waals surface area (Å²) in [6.45, 7) is 14.7. The molecule has 0 fully saturated rings. The van der Waals surface area contributed by atoms with Gasteiger partial charge in [-0.05, 0) is 25.0 Å². The Kier molecular flexibility index (Phi) is 6.19. The number of rotatable bonds is 4. The van der Waals surface area contributed by atoms with Crippen molar-refractivity contribution in [3.8, 4) is 0 Å². The smallest absolute Gasteiger partial charge is 0.229 e. The normalized spacial score (nSPS) is 20.9. The van der Waals surface area contributed by atoms with Crippen molar-refractivity contribution in [2.45, 2.75) is 61.3 Å². The summed E-state index contributed by atoms with van der Waals surface area (Å²) in [6, 6.07) is 0. The molecule has 0 radical (unpaired) electrons. The van der Waals surface area contributed by atoms with Crippen LogP contribution in [0.5, 0.6) is 0 Å². The van der Waals surface area contributed by atoms with Gasteiger partial charge in [-0.3, -0.25) is 4.79 Å². The Morgan fingerprint density at radius 2 is 1.67 bits per heavy atom. The van der Waals surface area contributed by atoms with E-state index < -0.39 is 5.41 Å². The molecule has 0 aromatic rings. The molecule has 0 aromatic heterocycles. The van der Waals surface area contributed by atoms with Crippen molar-refractivity contribution in [1.29, 1.82) is 0 Å². The van der Waals surface area contributed by atoms with E-state index in [9.17, 15) is 4.79 Å². The summed E-state index contributed by atoms with van der Waals surface area (Å²) < 4.78 is 0. The zero-order valence-electron chi connectivity index (χ0n) is 18.0. The Balaban J connectivity index is 2.14. The van der Waals surface area contributed by atoms with Gasteiger partial charge in [-0.25, -0.2) is 0 Å². The minimum absolute atomic E-state index is 0.0342. The first-order chi connectivity index (χ1) is 12.4. The molecule has 0 bridgehead atoms. The lowest BCUT2D eigenvalue weighted by atomic mass is 9.80. The summed E-state index contributed by atoms with van der Waals surface area (Å²) in [5.74, 6) is 0.0385. The van der Waals surface area contributed by atoms with Crippen molar-refractivity contribution in [3.05, 3.63) is 71.5 Å². The molecule has 0 unspecified atom stereocenters. The Hall–Kier alpha value is -2.09. The summed E-state index contributed by atoms with van der Waals surface area (Å²) in [5, 5.41) is 3.04. The third kappa shape index (κ3) is 6.23. The van der Waals surface area contributed by atoms with Gasteiger partial charge in [-0.2, -0.15) is 0 Å². The Bertz CT molecular complexity index is 759. The first-order valence-corrected chi connectivity index (χ1v) is 9.89. The van der Waals surface area contributed by atoms with E-state index in [1.165, 1.54) is 11.1 Å². The molecule has 0 aromatic carbocycles. The van der Waals surface area contributed by atoms with Crippen LogP contribution in [0.3, 0.4) is 0 Å². The van der Waals surface area contributed by atoms with Crippen LogP contribution in [0.15, 0.2) is 71.5 Å². The van der Waals surface area contributed by atoms with Crippen LogP contribution in [0.2, 0.25) is 0 Å². The second-order valence-corrected chi connectivity index (χ2v) is 9.83. The van der Waals surface area contributed by atoms with Crippen LogP contribution in [-0.4, -0.2) is 5.91 Å². The lowest BCUT2D eigenvalue weighted by Crippen LogP contribution is -2.33. The molecular formula is C25H35NO. The summed E-state index contributed by atoms with van der Waals surface area (Å²) in [5.41, 5.74) is 3.27. The topological polar surface area (TPSA) is 29.1 Å². The molecule has 0 saturated heterocycles. The van der Waals surface area contributed by atoms with E-state index in [1.807, 2.05) is 32.9 Å². The summed E-state index contributed by atoms with van der Waals surface area (Å²) in [6.07, 6.45) is 21.5. The minimum Gasteiger partial charge on any atom is -0.326 e. The zero-order valence-corrected chi connectivity index (χ0v) is 18.0. The molecule has 2 nitrogen and oxygen atoms in total. The van der Waals surface area contributed by atoms with Gasteiger partial charge in [0.25, 0.3) is 0 Å². The van der Waals surface area contributed by atoms with Gasteiger partial charge in [0, 0.05) is 21.9 Å². The van der Waals surface area contributed by atoms with Crippen LogP contribution in [-0.2, 0) is 4.79 Å². The van der Waals surface area contributed by atoms with Gasteiger partial charge >= 0.3 is 0 Å². The number of carbonyl (C=O) groups is 1. The van der Waals surface area contributed by atoms with Gasteiger partial charge < -0.3 is 5.32 Å². The maximum Gasteiger partial charge on any atom is 0.229 e. The van der Waals surface area contributed by atoms with Crippen LogP contribution in [0.25, 0.3) is 0 Å². The van der Waals surface area contributed by atoms with Gasteiger partial charge in [0.05, 0.1) is 0 Å². The zero-order chi connectivity index (χ0) is 20.3. The van der Waals surface area contributed by atoms with Gasteiger partial charge in [-0.15, -0.1) is 0 Å². The fraction of sp³-hybridized carbons (Fsp3) is 0.480. The van der Waals surface area contributed by atoms with Gasteiger partial charge in [-0.1, -0.05) is 102 Å². The number of nitrogens with one attached hydrogen (secondary N) is 1. The molecule has 27 heavy (non-hydrogen) atoms. The van der Waals surface area contributed by atoms with Crippen LogP contribution >= 0.6 is 0 Å². The van der Waals surface area contributed by atoms with Crippen molar-refractivity contribution < 1.29 is 4.79 Å². The molecule has 0 aliphatic heterocycles. The fourth-order valence-electron chi connectivity index (χ4n) is 3.16. The molecule has 0 spiro atoms. The average molecular weight is 366 g/mol. The second-order valence-electron chi connectivity index (χ2n) is 9.83. The van der Waals surface area contributed by atoms with Crippen LogP contribution in [0, 0.1) is 16.2 Å². The highest BCUT2D eigenvalue weighted by molar-refractivity contribution is 5.83. The maximum atomic E-state index is 12.3. The third-order valence-corrected chi connectivity index (χ3v) is 5.10. The first-order valence-electron chi connectivity index (χ1n) is 9.89. The van der Waals surface area contributed by atoms with E-state index in [1.54, 1.807) is 0 Å². The minimum atomic E-state index is -0.401. The molecule has 1 N–H and O–H groups in total. The van der Waals surface area contributed by atoms with Crippen molar-refractivity contribution in [3.63, 3.8) is 0 Å². The summed E-state index contributed by atoms with van der Waals surface area (Å²) in [4.78, 5) is 12.3. The number of allylic oxidation sites excluding steroid dienone is 11. The highest BCUT2D eigenvalue weighted by atomic mass is 16.2. The average Bonchev–Trinajstić information content (AvgIpc) is 2.78. The van der Waals surface area contributed by atoms with E-state index in [0.717, 1.165) is 18.5 Å². The Morgan fingerprint density at radius 1 is 0.963 bits per heavy atom. The molecule has 0 atom stereocenters. The van der Waals surface area contributed by atoms with E-state index in [2.05, 4.69) is 75.5 Å². The van der Waals surface area contributed by atoms with Crippen molar-refractivity contribution in [2.75, 3.05) is 0 Å². The quantitative estimate of drug-likeness (QED) is 0.612. The summed E-state index contributed by atoms with van der Waals surface area (Å²) >= 11 is 0. The fourth-order valence-corrected chi connectivity index (χ4v) is 3.16. The largest absolute Gasteiger partial charge is 0.326 e. The van der Waals surface area contributed by atoms with Gasteiger partial charge in [0.15, 0.2) is 0 Å². The summed E-state index contributed by atoms with van der Waals surface area (Å²) in [7, 11) is 0. The molecule has 2 aliphatic carbocycles. The number of carbonyl (C=O) groups excluding carboxylic acids is 1. The van der Waals surface area contributed by atoms with Gasteiger partial charge in [0.1, 0.15) is 0 Å². The van der Waals surface area contributed by atoms with E-state index in [4.69, 9.17) is 0 Å². The van der Waals surface area contributed by atoms with E-state index in [0.29, 0.717) is 0 Å². The predicted octanol–water partition coefficient (Wildman–Crippen LogP) is 6.41. The van der Waals surface area contributed by atoms with Crippen molar-refractivity contribution in [2.24, 2.45) is 16.2 Å². The molecule has 0 heterocycles. The maximum absolute atomic E-state index is 12.3. The lowest BCUT2D eigenvalue weighted by molar-refractivity contribution is -0.127. The molecule has 1 amide bonds. The van der Waals surface area contributed by atoms with Crippen LogP contribution in [0.4, 0.5) is 0 Å². The second kappa shape index (κ2) is 7.88. The van der Waals surface area contributed by atoms with Crippen molar-refractivity contribution in [1.82, 2.24) is 5.32 Å². The standard InChI is InChI=1S/C25H35NO/c1-23(2,3)22(27)26-21-14-13-20(25(6,7)17-15-21)12-11-19-10-8-9-16-24(4,5)18-19/h8-10,13-18H,11-12H2,1-7H3,(H,26,27). The molecule has 146 valence electrons. The Labute approximate surface area is 165 Å². The molecule has 0 saturated carbocycles. The Morgan fingerprint density at radius 3 is 2.33 bits per heavy atom. The highest BCUT2D eigenvalue weighted by Gasteiger charge is 2.24. The van der Waals surface area contributed by atoms with E-state index in [-0.39, 0.29) is 16.7 Å². The SMILES string of the molecule is CC1(C)C=CC=CC(CCC2=CC=C(NC(=O)C(C)(C)C)C=CC2(C)C)=C1. The number of hydrogen-bond donors (Lipinski definition) is 1. The highest BCUT2D eigenvalue weighted by Crippen LogP contribution is 2.35. The molecule has 2 rings (SSSR count). The van der Waals surface area contributed by atoms with Gasteiger partial charge in [0.2, 0.25) is 5.91 Å². The molecule has 2 heteroatoms. The molecule has 2 aliphatic rings. The monoisotopic (exact) mass is 365 g/mol. The van der Waals surface area contributed by atoms with Crippen molar-refractivity contribution >= 4 is 5.91 Å². The first kappa shape index (κ1) is 21.2. The predicted molar refractivity (Wildman–Crippen MR) is 116 cm³/mol. The third-order valence-electron chi connectivity index (χ3n) is 5.10. The number of hydrogen-bond acceptors (Lipinski definition) is 1. The van der Waals surface area contributed by atoms with Crippen LogP contribution < -0.4 is 5.32 Å². The molecular weight excluding hydrogens is 330 g/mol.